The molecule has 2 heterocycles. The zero-order chi connectivity index (χ0) is 14.8. The summed E-state index contributed by atoms with van der Waals surface area (Å²) in [5.41, 5.74) is 0. The minimum atomic E-state index is -0.164. The smallest absolute Gasteiger partial charge is 0.310 e. The average molecular weight is 286 g/mol. The molecule has 5 nitrogen and oxygen atoms in total. The topological polar surface area (TPSA) is 62.7 Å². The van der Waals surface area contributed by atoms with Gasteiger partial charge in [0.1, 0.15) is 11.6 Å². The minimum absolute atomic E-state index is 0.113. The molecule has 21 heavy (non-hydrogen) atoms. The van der Waals surface area contributed by atoms with E-state index in [9.17, 15) is 9.90 Å². The average Bonchev–Trinajstić information content (AvgIpc) is 2.53. The van der Waals surface area contributed by atoms with Crippen LogP contribution in [0.3, 0.4) is 0 Å². The monoisotopic (exact) mass is 286 g/mol. The third-order valence-corrected chi connectivity index (χ3v) is 3.98. The number of carbonyl (C=O) groups excluding carboxylic acids is 1. The highest BCUT2D eigenvalue weighted by Crippen LogP contribution is 2.30. The highest BCUT2D eigenvalue weighted by Gasteiger charge is 2.27. The number of anilines is 1. The number of rotatable bonds is 2. The van der Waals surface area contributed by atoms with Crippen molar-refractivity contribution < 1.29 is 14.6 Å². The molecule has 5 heteroatoms. The molecule has 0 bridgehead atoms. The molecule has 0 aliphatic carbocycles. The number of phenols is 1. The van der Waals surface area contributed by atoms with Gasteiger partial charge in [-0.05, 0) is 36.4 Å². The van der Waals surface area contributed by atoms with E-state index in [1.165, 1.54) is 7.11 Å². The van der Waals surface area contributed by atoms with E-state index in [4.69, 9.17) is 4.74 Å². The summed E-state index contributed by atoms with van der Waals surface area (Å²) in [6, 6.07) is 7.18. The first-order chi connectivity index (χ1) is 10.2. The molecule has 3 rings (SSSR count). The van der Waals surface area contributed by atoms with E-state index in [0.29, 0.717) is 6.54 Å². The van der Waals surface area contributed by atoms with Gasteiger partial charge < -0.3 is 14.7 Å². The summed E-state index contributed by atoms with van der Waals surface area (Å²) in [5, 5.41) is 11.6. The highest BCUT2D eigenvalue weighted by molar-refractivity contribution is 5.93. The molecule has 110 valence electrons. The lowest BCUT2D eigenvalue weighted by molar-refractivity contribution is -0.145. The largest absolute Gasteiger partial charge is 0.508 e. The number of esters is 1. The predicted octanol–water partition coefficient (Wildman–Crippen LogP) is 2.33. The second-order valence-electron chi connectivity index (χ2n) is 5.35. The fourth-order valence-corrected chi connectivity index (χ4v) is 2.92. The summed E-state index contributed by atoms with van der Waals surface area (Å²) in [4.78, 5) is 18.3. The van der Waals surface area contributed by atoms with Gasteiger partial charge in [0, 0.05) is 24.7 Å². The summed E-state index contributed by atoms with van der Waals surface area (Å²) < 4.78 is 4.85. The van der Waals surface area contributed by atoms with Gasteiger partial charge in [-0.25, -0.2) is 4.98 Å². The van der Waals surface area contributed by atoms with E-state index >= 15 is 0 Å². The van der Waals surface area contributed by atoms with Crippen LogP contribution in [0.5, 0.6) is 5.75 Å². The molecule has 1 atom stereocenters. The molecule has 1 aromatic heterocycles. The van der Waals surface area contributed by atoms with Crippen LogP contribution in [0.4, 0.5) is 5.82 Å². The zero-order valence-corrected chi connectivity index (χ0v) is 12.0. The van der Waals surface area contributed by atoms with Gasteiger partial charge in [0.05, 0.1) is 13.0 Å². The van der Waals surface area contributed by atoms with Gasteiger partial charge in [-0.1, -0.05) is 6.07 Å². The first kappa shape index (κ1) is 13.7. The number of carbonyl (C=O) groups is 1. The number of hydrogen-bond acceptors (Lipinski definition) is 5. The Balaban J connectivity index is 1.96. The number of nitrogens with zero attached hydrogens (tertiary/aromatic N) is 2. The number of pyridine rings is 1. The summed E-state index contributed by atoms with van der Waals surface area (Å²) in [5.74, 6) is 0.760. The quantitative estimate of drug-likeness (QED) is 0.858. The summed E-state index contributed by atoms with van der Waals surface area (Å²) >= 11 is 0. The zero-order valence-electron chi connectivity index (χ0n) is 12.0. The van der Waals surface area contributed by atoms with Crippen LogP contribution in [0.2, 0.25) is 0 Å². The van der Waals surface area contributed by atoms with Crippen molar-refractivity contribution in [3.63, 3.8) is 0 Å². The Morgan fingerprint density at radius 1 is 1.43 bits per heavy atom. The molecule has 1 unspecified atom stereocenters. The number of hydrogen-bond donors (Lipinski definition) is 1. The van der Waals surface area contributed by atoms with Gasteiger partial charge in [0.15, 0.2) is 0 Å². The van der Waals surface area contributed by atoms with Crippen LogP contribution in [0, 0.1) is 5.92 Å². The molecule has 1 saturated heterocycles. The normalized spacial score (nSPS) is 18.7. The number of aromatic hydroxyl groups is 1. The second-order valence-corrected chi connectivity index (χ2v) is 5.35. The third kappa shape index (κ3) is 2.63. The minimum Gasteiger partial charge on any atom is -0.508 e. The van der Waals surface area contributed by atoms with Crippen molar-refractivity contribution in [2.75, 3.05) is 25.1 Å². The first-order valence-corrected chi connectivity index (χ1v) is 7.09. The van der Waals surface area contributed by atoms with Gasteiger partial charge in [-0.2, -0.15) is 0 Å². The molecule has 0 spiro atoms. The van der Waals surface area contributed by atoms with Crippen LogP contribution in [0.15, 0.2) is 30.5 Å². The van der Waals surface area contributed by atoms with E-state index in [1.807, 2.05) is 12.1 Å². The number of ether oxygens (including phenoxy) is 1. The molecule has 1 N–H and O–H groups in total. The van der Waals surface area contributed by atoms with Crippen molar-refractivity contribution in [2.24, 2.45) is 5.92 Å². The summed E-state index contributed by atoms with van der Waals surface area (Å²) in [6.45, 7) is 1.46. The van der Waals surface area contributed by atoms with Crippen LogP contribution < -0.4 is 4.90 Å². The van der Waals surface area contributed by atoms with E-state index in [2.05, 4.69) is 9.88 Å². The van der Waals surface area contributed by atoms with Crippen molar-refractivity contribution >= 4 is 22.6 Å². The van der Waals surface area contributed by atoms with Gasteiger partial charge in [0.2, 0.25) is 0 Å². The molecular formula is C16H18N2O3. The fraction of sp³-hybridized carbons (Fsp3) is 0.375. The summed E-state index contributed by atoms with van der Waals surface area (Å²) in [7, 11) is 1.43. The van der Waals surface area contributed by atoms with E-state index in [1.54, 1.807) is 18.3 Å². The van der Waals surface area contributed by atoms with Crippen molar-refractivity contribution in [3.05, 3.63) is 30.5 Å². The number of benzene rings is 1. The molecule has 1 aliphatic heterocycles. The van der Waals surface area contributed by atoms with Gasteiger partial charge >= 0.3 is 5.97 Å². The van der Waals surface area contributed by atoms with Gasteiger partial charge in [-0.15, -0.1) is 0 Å². The molecule has 1 aromatic carbocycles. The Labute approximate surface area is 123 Å². The fourth-order valence-electron chi connectivity index (χ4n) is 2.92. The first-order valence-electron chi connectivity index (χ1n) is 7.09. The standard InChI is InChI=1S/C16H18N2O3/c1-21-16(20)12-3-2-8-18(10-12)15-14-9-13(19)5-4-11(14)6-7-17-15/h4-7,9,12,19H,2-3,8,10H2,1H3. The van der Waals surface area contributed by atoms with E-state index < -0.39 is 0 Å². The van der Waals surface area contributed by atoms with Crippen LogP contribution >= 0.6 is 0 Å². The maximum atomic E-state index is 11.8. The SMILES string of the molecule is COC(=O)C1CCCN(c2nccc3ccc(O)cc23)C1. The van der Waals surface area contributed by atoms with E-state index in [-0.39, 0.29) is 17.6 Å². The van der Waals surface area contributed by atoms with Gasteiger partial charge in [0.25, 0.3) is 0 Å². The maximum absolute atomic E-state index is 11.8. The number of aromatic nitrogens is 1. The van der Waals surface area contributed by atoms with Crippen molar-refractivity contribution in [2.45, 2.75) is 12.8 Å². The van der Waals surface area contributed by atoms with E-state index in [0.717, 1.165) is 36.0 Å². The van der Waals surface area contributed by atoms with Crippen LogP contribution in [-0.2, 0) is 9.53 Å². The third-order valence-electron chi connectivity index (χ3n) is 3.98. The molecule has 0 radical (unpaired) electrons. The molecular weight excluding hydrogens is 268 g/mol. The molecule has 0 amide bonds. The molecule has 1 aliphatic rings. The van der Waals surface area contributed by atoms with Gasteiger partial charge in [-0.3, -0.25) is 4.79 Å². The lowest BCUT2D eigenvalue weighted by atomic mass is 9.97. The molecule has 0 saturated carbocycles. The van der Waals surface area contributed by atoms with Crippen molar-refractivity contribution in [3.8, 4) is 5.75 Å². The number of phenolic OH excluding ortho intramolecular Hbond substituents is 1. The molecule has 1 fully saturated rings. The molecule has 2 aromatic rings. The van der Waals surface area contributed by atoms with Crippen LogP contribution in [0.1, 0.15) is 12.8 Å². The maximum Gasteiger partial charge on any atom is 0.310 e. The Morgan fingerprint density at radius 3 is 3.10 bits per heavy atom. The predicted molar refractivity (Wildman–Crippen MR) is 80.4 cm³/mol. The Bertz CT molecular complexity index is 672. The lowest BCUT2D eigenvalue weighted by Gasteiger charge is -2.32. The highest BCUT2D eigenvalue weighted by atomic mass is 16.5. The lowest BCUT2D eigenvalue weighted by Crippen LogP contribution is -2.39. The second kappa shape index (κ2) is 5.60. The Kier molecular flexibility index (Phi) is 3.64. The number of methoxy groups -OCH3 is 1. The Morgan fingerprint density at radius 2 is 2.29 bits per heavy atom. The number of piperidine rings is 1. The Hall–Kier alpha value is -2.30. The van der Waals surface area contributed by atoms with Crippen molar-refractivity contribution in [1.29, 1.82) is 0 Å². The van der Waals surface area contributed by atoms with Crippen LogP contribution in [-0.4, -0.2) is 36.3 Å². The number of fused-ring (bicyclic) bond motifs is 1. The summed E-state index contributed by atoms with van der Waals surface area (Å²) in [6.07, 6.45) is 3.53. The van der Waals surface area contributed by atoms with Crippen LogP contribution in [0.25, 0.3) is 10.8 Å². The van der Waals surface area contributed by atoms with Crippen molar-refractivity contribution in [1.82, 2.24) is 4.98 Å².